The molecule has 1 aliphatic carbocycles. The first-order chi connectivity index (χ1) is 10.6. The van der Waals surface area contributed by atoms with Crippen molar-refractivity contribution in [2.45, 2.75) is 31.1 Å². The van der Waals surface area contributed by atoms with Crippen LogP contribution in [0.2, 0.25) is 0 Å². The van der Waals surface area contributed by atoms with E-state index in [-0.39, 0.29) is 12.5 Å². The Labute approximate surface area is 135 Å². The molecule has 0 saturated carbocycles. The zero-order valence-electron chi connectivity index (χ0n) is 12.7. The van der Waals surface area contributed by atoms with Crippen LogP contribution >= 0.6 is 11.9 Å². The van der Waals surface area contributed by atoms with Gasteiger partial charge in [-0.05, 0) is 67.5 Å². The second kappa shape index (κ2) is 6.44. The normalized spacial score (nSPS) is 13.0. The predicted molar refractivity (Wildman–Crippen MR) is 92.0 cm³/mol. The Kier molecular flexibility index (Phi) is 4.39. The second-order valence-electron chi connectivity index (χ2n) is 5.68. The largest absolute Gasteiger partial charge is 0.368 e. The molecule has 4 heteroatoms. The Hall–Kier alpha value is -1.94. The Morgan fingerprint density at radius 2 is 1.95 bits per heavy atom. The minimum atomic E-state index is -0.310. The van der Waals surface area contributed by atoms with E-state index in [1.165, 1.54) is 23.1 Å². The lowest BCUT2D eigenvalue weighted by atomic mass is 10.1. The molecule has 0 aromatic heterocycles. The summed E-state index contributed by atoms with van der Waals surface area (Å²) in [5, 5.41) is 0. The third kappa shape index (κ3) is 3.28. The minimum Gasteiger partial charge on any atom is -0.368 e. The number of primary amides is 1. The van der Waals surface area contributed by atoms with E-state index in [1.54, 1.807) is 11.9 Å². The van der Waals surface area contributed by atoms with Gasteiger partial charge in [0.2, 0.25) is 5.91 Å². The molecule has 0 unspecified atom stereocenters. The van der Waals surface area contributed by atoms with Gasteiger partial charge < -0.3 is 10.0 Å². The minimum absolute atomic E-state index is 0.217. The van der Waals surface area contributed by atoms with Crippen molar-refractivity contribution in [2.24, 2.45) is 5.73 Å². The van der Waals surface area contributed by atoms with Crippen LogP contribution in [0, 0.1) is 6.92 Å². The van der Waals surface area contributed by atoms with Crippen LogP contribution in [0.4, 0.5) is 5.69 Å². The number of hydrogen-bond acceptors (Lipinski definition) is 3. The maximum Gasteiger partial charge on any atom is 0.238 e. The fourth-order valence-electron chi connectivity index (χ4n) is 2.87. The van der Waals surface area contributed by atoms with Gasteiger partial charge in [-0.2, -0.15) is 0 Å². The maximum absolute atomic E-state index is 11.5. The number of amides is 1. The van der Waals surface area contributed by atoms with E-state index in [1.807, 2.05) is 4.31 Å². The van der Waals surface area contributed by atoms with Crippen LogP contribution in [0.3, 0.4) is 0 Å². The molecule has 2 aromatic rings. The molecule has 0 heterocycles. The molecule has 1 aliphatic rings. The van der Waals surface area contributed by atoms with Gasteiger partial charge >= 0.3 is 0 Å². The summed E-state index contributed by atoms with van der Waals surface area (Å²) in [5.41, 5.74) is 10.6. The number of fused-ring (bicyclic) bond motifs is 1. The van der Waals surface area contributed by atoms with Crippen molar-refractivity contribution < 1.29 is 4.79 Å². The highest BCUT2D eigenvalue weighted by Crippen LogP contribution is 2.36. The first-order valence-corrected chi connectivity index (χ1v) is 8.32. The molecule has 0 atom stereocenters. The van der Waals surface area contributed by atoms with Crippen LogP contribution < -0.4 is 10.0 Å². The smallest absolute Gasteiger partial charge is 0.238 e. The summed E-state index contributed by atoms with van der Waals surface area (Å²) in [6, 6.07) is 14.7. The number of anilines is 1. The lowest BCUT2D eigenvalue weighted by molar-refractivity contribution is -0.116. The van der Waals surface area contributed by atoms with Crippen molar-refractivity contribution in [3.63, 3.8) is 0 Å². The fraction of sp³-hybridized carbons (Fsp3) is 0.278. The lowest BCUT2D eigenvalue weighted by Gasteiger charge is -2.24. The Morgan fingerprint density at radius 1 is 1.18 bits per heavy atom. The molecular weight excluding hydrogens is 292 g/mol. The number of carbonyl (C=O) groups excluding carboxylic acids is 1. The quantitative estimate of drug-likeness (QED) is 0.860. The molecule has 3 nitrogen and oxygen atoms in total. The SMILES string of the molecule is Cc1ccc(SN(CC(N)=O)c2cccc3c2CCC3)cc1. The van der Waals surface area contributed by atoms with Crippen LogP contribution in [0.5, 0.6) is 0 Å². The number of benzene rings is 2. The monoisotopic (exact) mass is 312 g/mol. The van der Waals surface area contributed by atoms with Crippen LogP contribution in [-0.2, 0) is 17.6 Å². The fourth-order valence-corrected chi connectivity index (χ4v) is 3.84. The molecule has 0 spiro atoms. The standard InChI is InChI=1S/C18H20N2OS/c1-13-8-10-15(11-9-13)22-20(12-18(19)21)17-7-3-5-14-4-2-6-16(14)17/h3,5,7-11H,2,4,6,12H2,1H3,(H2,19,21). The maximum atomic E-state index is 11.5. The summed E-state index contributed by atoms with van der Waals surface area (Å²) in [6.45, 7) is 2.29. The Morgan fingerprint density at radius 3 is 2.68 bits per heavy atom. The number of hydrogen-bond donors (Lipinski definition) is 1. The second-order valence-corrected chi connectivity index (χ2v) is 6.77. The van der Waals surface area contributed by atoms with E-state index in [0.29, 0.717) is 0 Å². The van der Waals surface area contributed by atoms with Crippen molar-refractivity contribution in [2.75, 3.05) is 10.8 Å². The molecule has 2 N–H and O–H groups in total. The molecule has 0 radical (unpaired) electrons. The third-order valence-electron chi connectivity index (χ3n) is 3.93. The molecule has 3 rings (SSSR count). The van der Waals surface area contributed by atoms with Gasteiger partial charge in [0.05, 0.1) is 5.69 Å². The van der Waals surface area contributed by atoms with E-state index in [0.717, 1.165) is 23.4 Å². The van der Waals surface area contributed by atoms with Gasteiger partial charge in [-0.3, -0.25) is 4.79 Å². The van der Waals surface area contributed by atoms with E-state index in [9.17, 15) is 4.79 Å². The average Bonchev–Trinajstić information content (AvgIpc) is 2.97. The summed E-state index contributed by atoms with van der Waals surface area (Å²) in [7, 11) is 0. The molecule has 22 heavy (non-hydrogen) atoms. The van der Waals surface area contributed by atoms with E-state index < -0.39 is 0 Å². The predicted octanol–water partition coefficient (Wildman–Crippen LogP) is 3.48. The molecule has 1 amide bonds. The van der Waals surface area contributed by atoms with Crippen LogP contribution in [0.1, 0.15) is 23.1 Å². The van der Waals surface area contributed by atoms with E-state index in [2.05, 4.69) is 49.4 Å². The average molecular weight is 312 g/mol. The van der Waals surface area contributed by atoms with Gasteiger partial charge in [0, 0.05) is 4.90 Å². The Balaban J connectivity index is 1.91. The van der Waals surface area contributed by atoms with Crippen molar-refractivity contribution in [1.29, 1.82) is 0 Å². The highest BCUT2D eigenvalue weighted by Gasteiger charge is 2.20. The molecular formula is C18H20N2OS. The topological polar surface area (TPSA) is 46.3 Å². The number of aryl methyl sites for hydroxylation is 2. The first-order valence-electron chi connectivity index (χ1n) is 7.55. The zero-order chi connectivity index (χ0) is 15.5. The lowest BCUT2D eigenvalue weighted by Crippen LogP contribution is -2.29. The molecule has 0 fully saturated rings. The summed E-state index contributed by atoms with van der Waals surface area (Å²) >= 11 is 1.58. The van der Waals surface area contributed by atoms with Crippen molar-refractivity contribution in [1.82, 2.24) is 0 Å². The van der Waals surface area contributed by atoms with E-state index >= 15 is 0 Å². The highest BCUT2D eigenvalue weighted by atomic mass is 32.2. The number of rotatable bonds is 5. The van der Waals surface area contributed by atoms with Crippen molar-refractivity contribution in [3.05, 3.63) is 59.2 Å². The van der Waals surface area contributed by atoms with Gasteiger partial charge in [0.25, 0.3) is 0 Å². The van der Waals surface area contributed by atoms with Crippen molar-refractivity contribution >= 4 is 23.5 Å². The van der Waals surface area contributed by atoms with E-state index in [4.69, 9.17) is 5.73 Å². The van der Waals surface area contributed by atoms with Gasteiger partial charge in [0.1, 0.15) is 6.54 Å². The third-order valence-corrected chi connectivity index (χ3v) is 4.96. The van der Waals surface area contributed by atoms with Crippen LogP contribution in [0.25, 0.3) is 0 Å². The van der Waals surface area contributed by atoms with Crippen molar-refractivity contribution in [3.8, 4) is 0 Å². The summed E-state index contributed by atoms with van der Waals surface area (Å²) in [4.78, 5) is 12.6. The molecule has 0 bridgehead atoms. The molecule has 0 saturated heterocycles. The van der Waals surface area contributed by atoms with Gasteiger partial charge in [-0.25, -0.2) is 0 Å². The van der Waals surface area contributed by atoms with Gasteiger partial charge in [-0.1, -0.05) is 29.8 Å². The van der Waals surface area contributed by atoms with Gasteiger partial charge in [0.15, 0.2) is 0 Å². The molecule has 114 valence electrons. The zero-order valence-corrected chi connectivity index (χ0v) is 13.5. The first kappa shape index (κ1) is 15.0. The van der Waals surface area contributed by atoms with Crippen LogP contribution in [-0.4, -0.2) is 12.5 Å². The Bertz CT molecular complexity index is 682. The molecule has 0 aliphatic heterocycles. The highest BCUT2D eigenvalue weighted by molar-refractivity contribution is 8.00. The number of nitrogens with zero attached hydrogens (tertiary/aromatic N) is 1. The number of nitrogens with two attached hydrogens (primary N) is 1. The molecule has 2 aromatic carbocycles. The summed E-state index contributed by atoms with van der Waals surface area (Å²) in [5.74, 6) is -0.310. The van der Waals surface area contributed by atoms with Gasteiger partial charge in [-0.15, -0.1) is 0 Å². The number of carbonyl (C=O) groups is 1. The summed E-state index contributed by atoms with van der Waals surface area (Å²) < 4.78 is 2.02. The van der Waals surface area contributed by atoms with Crippen LogP contribution in [0.15, 0.2) is 47.4 Å². The summed E-state index contributed by atoms with van der Waals surface area (Å²) in [6.07, 6.45) is 3.39.